The van der Waals surface area contributed by atoms with E-state index in [4.69, 9.17) is 11.6 Å². The zero-order chi connectivity index (χ0) is 15.0. The summed E-state index contributed by atoms with van der Waals surface area (Å²) >= 11 is 5.99. The van der Waals surface area contributed by atoms with Gasteiger partial charge in [-0.1, -0.05) is 18.2 Å². The summed E-state index contributed by atoms with van der Waals surface area (Å²) in [5.74, 6) is 0.937. The third-order valence-corrected chi connectivity index (χ3v) is 3.89. The molecule has 1 aromatic carbocycles. The second-order valence-corrected chi connectivity index (χ2v) is 5.30. The lowest BCUT2D eigenvalue weighted by molar-refractivity contribution is 0.588. The van der Waals surface area contributed by atoms with Gasteiger partial charge in [-0.2, -0.15) is 5.10 Å². The molecule has 0 aliphatic rings. The molecule has 0 saturated heterocycles. The fourth-order valence-electron chi connectivity index (χ4n) is 2.65. The Morgan fingerprint density at radius 3 is 2.76 bits per heavy atom. The SMILES string of the molecule is Cc1nn(C)c2c1nc(CCl)n2CCc1ccccc1F. The Hall–Kier alpha value is -1.88. The highest BCUT2D eigenvalue weighted by atomic mass is 35.5. The van der Waals surface area contributed by atoms with E-state index >= 15 is 0 Å². The van der Waals surface area contributed by atoms with Gasteiger partial charge in [-0.15, -0.1) is 11.6 Å². The van der Waals surface area contributed by atoms with Gasteiger partial charge < -0.3 is 4.57 Å². The Bertz CT molecular complexity index is 790. The fourth-order valence-corrected chi connectivity index (χ4v) is 2.85. The van der Waals surface area contributed by atoms with Gasteiger partial charge >= 0.3 is 0 Å². The number of halogens is 2. The molecule has 0 fully saturated rings. The number of benzene rings is 1. The van der Waals surface area contributed by atoms with E-state index in [9.17, 15) is 4.39 Å². The summed E-state index contributed by atoms with van der Waals surface area (Å²) in [7, 11) is 1.88. The first-order valence-electron chi connectivity index (χ1n) is 6.80. The van der Waals surface area contributed by atoms with E-state index in [1.807, 2.05) is 24.6 Å². The number of nitrogens with zero attached hydrogens (tertiary/aromatic N) is 4. The number of imidazole rings is 1. The highest BCUT2D eigenvalue weighted by Gasteiger charge is 2.16. The molecule has 4 nitrogen and oxygen atoms in total. The van der Waals surface area contributed by atoms with Gasteiger partial charge in [0.15, 0.2) is 5.65 Å². The third kappa shape index (κ3) is 2.42. The highest BCUT2D eigenvalue weighted by Crippen LogP contribution is 2.21. The van der Waals surface area contributed by atoms with Crippen LogP contribution in [0.25, 0.3) is 11.2 Å². The van der Waals surface area contributed by atoms with Crippen molar-refractivity contribution in [2.45, 2.75) is 25.8 Å². The normalized spacial score (nSPS) is 11.4. The van der Waals surface area contributed by atoms with Gasteiger partial charge in [-0.3, -0.25) is 4.68 Å². The molecular formula is C15H16ClFN4. The Kier molecular flexibility index (Phi) is 3.68. The van der Waals surface area contributed by atoms with Crippen molar-refractivity contribution in [2.24, 2.45) is 7.05 Å². The third-order valence-electron chi connectivity index (χ3n) is 3.65. The second-order valence-electron chi connectivity index (χ2n) is 5.04. The number of aryl methyl sites for hydroxylation is 4. The Balaban J connectivity index is 1.98. The minimum absolute atomic E-state index is 0.178. The summed E-state index contributed by atoms with van der Waals surface area (Å²) in [5, 5.41) is 4.37. The van der Waals surface area contributed by atoms with Crippen molar-refractivity contribution in [1.82, 2.24) is 19.3 Å². The van der Waals surface area contributed by atoms with E-state index in [1.54, 1.807) is 16.8 Å². The minimum atomic E-state index is -0.178. The van der Waals surface area contributed by atoms with E-state index in [0.29, 0.717) is 24.4 Å². The molecule has 0 amide bonds. The lowest BCUT2D eigenvalue weighted by Gasteiger charge is -2.09. The minimum Gasteiger partial charge on any atom is -0.312 e. The predicted octanol–water partition coefficient (Wildman–Crippen LogP) is 3.20. The maximum Gasteiger partial charge on any atom is 0.158 e. The van der Waals surface area contributed by atoms with Gasteiger partial charge in [0, 0.05) is 13.6 Å². The smallest absolute Gasteiger partial charge is 0.158 e. The fraction of sp³-hybridized carbons (Fsp3) is 0.333. The lowest BCUT2D eigenvalue weighted by Crippen LogP contribution is -2.09. The Morgan fingerprint density at radius 2 is 2.05 bits per heavy atom. The molecule has 0 unspecified atom stereocenters. The average Bonchev–Trinajstić information content (AvgIpc) is 2.97. The summed E-state index contributed by atoms with van der Waals surface area (Å²) in [6.07, 6.45) is 0.590. The van der Waals surface area contributed by atoms with Crippen molar-refractivity contribution >= 4 is 22.8 Å². The van der Waals surface area contributed by atoms with Crippen LogP contribution in [0.5, 0.6) is 0 Å². The largest absolute Gasteiger partial charge is 0.312 e. The standard InChI is InChI=1S/C15H16ClFN4/c1-10-14-15(20(2)19-10)21(13(9-16)18-14)8-7-11-5-3-4-6-12(11)17/h3-6H,7-9H2,1-2H3. The number of alkyl halides is 1. The summed E-state index contributed by atoms with van der Waals surface area (Å²) in [4.78, 5) is 4.54. The van der Waals surface area contributed by atoms with Crippen LogP contribution in [0.1, 0.15) is 17.1 Å². The zero-order valence-corrected chi connectivity index (χ0v) is 12.7. The molecule has 0 aliphatic carbocycles. The number of fused-ring (bicyclic) bond motifs is 1. The van der Waals surface area contributed by atoms with Crippen LogP contribution in [0.4, 0.5) is 4.39 Å². The van der Waals surface area contributed by atoms with E-state index in [0.717, 1.165) is 22.7 Å². The predicted molar refractivity (Wildman–Crippen MR) is 80.9 cm³/mol. The summed E-state index contributed by atoms with van der Waals surface area (Å²) in [6, 6.07) is 6.83. The highest BCUT2D eigenvalue weighted by molar-refractivity contribution is 6.16. The van der Waals surface area contributed by atoms with E-state index in [1.165, 1.54) is 6.07 Å². The summed E-state index contributed by atoms with van der Waals surface area (Å²) in [6.45, 7) is 2.55. The van der Waals surface area contributed by atoms with Crippen molar-refractivity contribution in [3.05, 3.63) is 47.2 Å². The monoisotopic (exact) mass is 306 g/mol. The molecule has 0 aliphatic heterocycles. The van der Waals surface area contributed by atoms with Crippen LogP contribution >= 0.6 is 11.6 Å². The topological polar surface area (TPSA) is 35.6 Å². The number of hydrogen-bond donors (Lipinski definition) is 0. The van der Waals surface area contributed by atoms with Crippen LogP contribution in [0.2, 0.25) is 0 Å². The van der Waals surface area contributed by atoms with Crippen molar-refractivity contribution in [3.8, 4) is 0 Å². The molecule has 2 heterocycles. The molecule has 0 saturated carbocycles. The maximum absolute atomic E-state index is 13.7. The van der Waals surface area contributed by atoms with Crippen LogP contribution in [0.15, 0.2) is 24.3 Å². The van der Waals surface area contributed by atoms with Crippen LogP contribution in [0.3, 0.4) is 0 Å². The molecule has 6 heteroatoms. The molecule has 0 bridgehead atoms. The van der Waals surface area contributed by atoms with Crippen molar-refractivity contribution in [1.29, 1.82) is 0 Å². The maximum atomic E-state index is 13.7. The van der Waals surface area contributed by atoms with E-state index < -0.39 is 0 Å². The molecule has 3 rings (SSSR count). The van der Waals surface area contributed by atoms with Crippen molar-refractivity contribution in [2.75, 3.05) is 0 Å². The van der Waals surface area contributed by atoms with E-state index in [-0.39, 0.29) is 5.82 Å². The lowest BCUT2D eigenvalue weighted by atomic mass is 10.1. The Morgan fingerprint density at radius 1 is 1.29 bits per heavy atom. The molecule has 3 aromatic rings. The number of aromatic nitrogens is 4. The van der Waals surface area contributed by atoms with Crippen LogP contribution in [-0.4, -0.2) is 19.3 Å². The molecule has 0 spiro atoms. The molecule has 0 N–H and O–H groups in total. The van der Waals surface area contributed by atoms with Crippen molar-refractivity contribution < 1.29 is 4.39 Å². The molecule has 0 radical (unpaired) electrons. The second kappa shape index (κ2) is 5.48. The number of hydrogen-bond acceptors (Lipinski definition) is 2. The van der Waals surface area contributed by atoms with Gasteiger partial charge in [-0.25, -0.2) is 9.37 Å². The summed E-state index contributed by atoms with van der Waals surface area (Å²) in [5.41, 5.74) is 3.36. The first-order valence-corrected chi connectivity index (χ1v) is 7.33. The quantitative estimate of drug-likeness (QED) is 0.694. The van der Waals surface area contributed by atoms with Gasteiger partial charge in [0.1, 0.15) is 17.2 Å². The Labute approximate surface area is 127 Å². The molecular weight excluding hydrogens is 291 g/mol. The van der Waals surface area contributed by atoms with Crippen LogP contribution < -0.4 is 0 Å². The summed E-state index contributed by atoms with van der Waals surface area (Å²) < 4.78 is 17.6. The average molecular weight is 307 g/mol. The van der Waals surface area contributed by atoms with Crippen LogP contribution in [-0.2, 0) is 25.9 Å². The molecule has 110 valence electrons. The molecule has 21 heavy (non-hydrogen) atoms. The molecule has 2 aromatic heterocycles. The first kappa shape index (κ1) is 14.1. The van der Waals surface area contributed by atoms with Gasteiger partial charge in [0.2, 0.25) is 0 Å². The van der Waals surface area contributed by atoms with Gasteiger partial charge in [0.25, 0.3) is 0 Å². The molecule has 0 atom stereocenters. The van der Waals surface area contributed by atoms with Gasteiger partial charge in [-0.05, 0) is 25.0 Å². The zero-order valence-electron chi connectivity index (χ0n) is 12.0. The first-order chi connectivity index (χ1) is 10.1. The van der Waals surface area contributed by atoms with Gasteiger partial charge in [0.05, 0.1) is 11.6 Å². The number of rotatable bonds is 4. The van der Waals surface area contributed by atoms with Crippen molar-refractivity contribution in [3.63, 3.8) is 0 Å². The van der Waals surface area contributed by atoms with Crippen LogP contribution in [0, 0.1) is 12.7 Å². The van der Waals surface area contributed by atoms with E-state index in [2.05, 4.69) is 10.1 Å².